The molecular weight excluding hydrogens is 496 g/mol. The van der Waals surface area contributed by atoms with Crippen molar-refractivity contribution in [2.24, 2.45) is 5.92 Å². The van der Waals surface area contributed by atoms with Gasteiger partial charge in [0.2, 0.25) is 17.6 Å². The average molecular weight is 521 g/mol. The predicted octanol–water partition coefficient (Wildman–Crippen LogP) is 4.21. The largest absolute Gasteiger partial charge is 0.352 e. The number of halogens is 1. The van der Waals surface area contributed by atoms with Crippen molar-refractivity contribution in [2.75, 3.05) is 13.1 Å². The number of nitrogens with one attached hydrogen (secondary N) is 1. The van der Waals surface area contributed by atoms with Crippen LogP contribution in [0.25, 0.3) is 17.1 Å². The fraction of sp³-hybridized carbons (Fsp3) is 0.280. The summed E-state index contributed by atoms with van der Waals surface area (Å²) in [4.78, 5) is 23.5. The maximum absolute atomic E-state index is 12.7. The monoisotopic (exact) mass is 520 g/mol. The molecule has 0 unspecified atom stereocenters. The topological polar surface area (TPSA) is 89.1 Å². The van der Waals surface area contributed by atoms with Gasteiger partial charge >= 0.3 is 0 Å². The van der Waals surface area contributed by atoms with E-state index in [1.54, 1.807) is 12.5 Å². The molecule has 1 saturated heterocycles. The molecule has 5 rings (SSSR count). The van der Waals surface area contributed by atoms with Crippen LogP contribution in [0.15, 0.2) is 76.2 Å². The highest BCUT2D eigenvalue weighted by molar-refractivity contribution is 9.10. The first-order chi connectivity index (χ1) is 16.6. The summed E-state index contributed by atoms with van der Waals surface area (Å²) in [7, 11) is 0. The first-order valence-corrected chi connectivity index (χ1v) is 12.1. The van der Waals surface area contributed by atoms with Gasteiger partial charge in [0, 0.05) is 40.6 Å². The number of amides is 1. The Morgan fingerprint density at radius 2 is 1.85 bits per heavy atom. The van der Waals surface area contributed by atoms with Gasteiger partial charge in [-0.05, 0) is 67.9 Å². The van der Waals surface area contributed by atoms with Crippen molar-refractivity contribution in [1.29, 1.82) is 0 Å². The summed E-state index contributed by atoms with van der Waals surface area (Å²) in [6.07, 6.45) is 7.06. The van der Waals surface area contributed by atoms with Gasteiger partial charge in [-0.1, -0.05) is 33.2 Å². The molecular formula is C25H25BrN6O2. The van der Waals surface area contributed by atoms with E-state index in [2.05, 4.69) is 41.3 Å². The van der Waals surface area contributed by atoms with Crippen molar-refractivity contribution >= 4 is 21.8 Å². The molecule has 1 aliphatic heterocycles. The zero-order valence-corrected chi connectivity index (χ0v) is 20.2. The lowest BCUT2D eigenvalue weighted by Crippen LogP contribution is -2.40. The number of nitrogens with zero attached hydrogens (tertiary/aromatic N) is 5. The van der Waals surface area contributed by atoms with Gasteiger partial charge in [0.15, 0.2) is 0 Å². The van der Waals surface area contributed by atoms with Crippen LogP contribution in [0.1, 0.15) is 24.3 Å². The van der Waals surface area contributed by atoms with Crippen LogP contribution in [0.3, 0.4) is 0 Å². The second kappa shape index (κ2) is 10.3. The van der Waals surface area contributed by atoms with Gasteiger partial charge in [0.1, 0.15) is 0 Å². The Kier molecular flexibility index (Phi) is 6.82. The molecule has 0 saturated carbocycles. The lowest BCUT2D eigenvalue weighted by atomic mass is 9.96. The Balaban J connectivity index is 1.07. The summed E-state index contributed by atoms with van der Waals surface area (Å²) in [6, 6.07) is 15.9. The molecule has 0 spiro atoms. The first kappa shape index (κ1) is 22.5. The minimum atomic E-state index is 0.0301. The summed E-state index contributed by atoms with van der Waals surface area (Å²) in [5.41, 5.74) is 3.04. The second-order valence-electron chi connectivity index (χ2n) is 8.42. The zero-order valence-electron chi connectivity index (χ0n) is 18.6. The van der Waals surface area contributed by atoms with Crippen molar-refractivity contribution in [2.45, 2.75) is 25.9 Å². The van der Waals surface area contributed by atoms with Gasteiger partial charge in [-0.2, -0.15) is 4.98 Å². The Morgan fingerprint density at radius 3 is 2.56 bits per heavy atom. The number of hydrogen-bond acceptors (Lipinski definition) is 6. The average Bonchev–Trinajstić information content (AvgIpc) is 3.57. The smallest absolute Gasteiger partial charge is 0.241 e. The summed E-state index contributed by atoms with van der Waals surface area (Å²) >= 11 is 3.43. The molecule has 0 radical (unpaired) electrons. The summed E-state index contributed by atoms with van der Waals surface area (Å²) in [5, 5.41) is 7.19. The number of carbonyl (C=O) groups excluding carboxylic acids is 1. The van der Waals surface area contributed by atoms with Crippen molar-refractivity contribution in [3.63, 3.8) is 0 Å². The molecule has 174 valence electrons. The quantitative estimate of drug-likeness (QED) is 0.392. The van der Waals surface area contributed by atoms with Gasteiger partial charge in [-0.3, -0.25) is 9.69 Å². The van der Waals surface area contributed by atoms with Crippen molar-refractivity contribution in [3.8, 4) is 17.1 Å². The fourth-order valence-corrected chi connectivity index (χ4v) is 4.38. The molecule has 8 nitrogen and oxygen atoms in total. The maximum atomic E-state index is 12.7. The molecule has 2 aromatic carbocycles. The van der Waals surface area contributed by atoms with Gasteiger partial charge in [0.05, 0.1) is 12.9 Å². The highest BCUT2D eigenvalue weighted by Crippen LogP contribution is 2.22. The van der Waals surface area contributed by atoms with E-state index in [9.17, 15) is 4.79 Å². The van der Waals surface area contributed by atoms with E-state index in [1.807, 2.05) is 59.3 Å². The number of imidazole rings is 1. The number of piperidine rings is 1. The Labute approximate surface area is 206 Å². The second-order valence-corrected chi connectivity index (χ2v) is 9.34. The number of benzene rings is 2. The van der Waals surface area contributed by atoms with E-state index in [0.29, 0.717) is 24.8 Å². The van der Waals surface area contributed by atoms with E-state index in [1.165, 1.54) is 0 Å². The minimum absolute atomic E-state index is 0.0301. The van der Waals surface area contributed by atoms with Gasteiger partial charge < -0.3 is 14.4 Å². The summed E-state index contributed by atoms with van der Waals surface area (Å²) < 4.78 is 8.41. The van der Waals surface area contributed by atoms with Crippen LogP contribution in [0, 0.1) is 5.92 Å². The maximum Gasteiger partial charge on any atom is 0.241 e. The molecule has 0 atom stereocenters. The van der Waals surface area contributed by atoms with Gasteiger partial charge in [0.25, 0.3) is 0 Å². The number of likely N-dealkylation sites (tertiary alicyclic amines) is 1. The van der Waals surface area contributed by atoms with Gasteiger partial charge in [-0.15, -0.1) is 0 Å². The highest BCUT2D eigenvalue weighted by Gasteiger charge is 2.26. The zero-order chi connectivity index (χ0) is 23.3. The fourth-order valence-electron chi connectivity index (χ4n) is 4.11. The van der Waals surface area contributed by atoms with Crippen LogP contribution in [0.4, 0.5) is 0 Å². The normalized spacial score (nSPS) is 14.9. The molecule has 34 heavy (non-hydrogen) atoms. The summed E-state index contributed by atoms with van der Waals surface area (Å²) in [5.74, 6) is 1.34. The van der Waals surface area contributed by atoms with E-state index < -0.39 is 0 Å². The SMILES string of the molecule is O=C(NCc1ccc(-n2ccnc2)cc1)C1CCN(Cc2nc(-c3ccc(Br)cc3)no2)CC1. The number of rotatable bonds is 7. The lowest BCUT2D eigenvalue weighted by Gasteiger charge is -2.30. The molecule has 2 aromatic heterocycles. The Hall–Kier alpha value is -3.30. The Bertz CT molecular complexity index is 1210. The molecule has 0 bridgehead atoms. The third kappa shape index (κ3) is 5.43. The molecule has 4 aromatic rings. The van der Waals surface area contributed by atoms with Crippen LogP contribution in [-0.2, 0) is 17.9 Å². The third-order valence-corrected chi connectivity index (χ3v) is 6.62. The van der Waals surface area contributed by atoms with E-state index in [4.69, 9.17) is 4.52 Å². The number of aromatic nitrogens is 4. The predicted molar refractivity (Wildman–Crippen MR) is 131 cm³/mol. The van der Waals surface area contributed by atoms with Crippen molar-refractivity contribution in [3.05, 3.63) is 83.2 Å². The number of carbonyl (C=O) groups is 1. The molecule has 0 aliphatic carbocycles. The third-order valence-electron chi connectivity index (χ3n) is 6.09. The standard InChI is InChI=1S/C25H25BrN6O2/c26-21-5-3-19(4-6-21)24-29-23(34-30-24)16-31-12-9-20(10-13-31)25(33)28-15-18-1-7-22(8-2-18)32-14-11-27-17-32/h1-8,11,14,17,20H,9-10,12-13,15-16H2,(H,28,33). The van der Waals surface area contributed by atoms with Crippen LogP contribution in [-0.4, -0.2) is 43.6 Å². The molecule has 3 heterocycles. The molecule has 1 aliphatic rings. The molecule has 1 fully saturated rings. The molecule has 1 N–H and O–H groups in total. The van der Waals surface area contributed by atoms with Crippen molar-refractivity contribution < 1.29 is 9.32 Å². The first-order valence-electron chi connectivity index (χ1n) is 11.3. The van der Waals surface area contributed by atoms with Crippen LogP contribution < -0.4 is 5.32 Å². The van der Waals surface area contributed by atoms with Crippen LogP contribution >= 0.6 is 15.9 Å². The van der Waals surface area contributed by atoms with E-state index >= 15 is 0 Å². The number of hydrogen-bond donors (Lipinski definition) is 1. The lowest BCUT2D eigenvalue weighted by molar-refractivity contribution is -0.126. The van der Waals surface area contributed by atoms with Crippen LogP contribution in [0.2, 0.25) is 0 Å². The van der Waals surface area contributed by atoms with E-state index in [0.717, 1.165) is 47.2 Å². The highest BCUT2D eigenvalue weighted by atomic mass is 79.9. The Morgan fingerprint density at radius 1 is 1.09 bits per heavy atom. The minimum Gasteiger partial charge on any atom is -0.352 e. The summed E-state index contributed by atoms with van der Waals surface area (Å²) in [6.45, 7) is 2.78. The van der Waals surface area contributed by atoms with Crippen molar-refractivity contribution in [1.82, 2.24) is 29.9 Å². The van der Waals surface area contributed by atoms with Crippen LogP contribution in [0.5, 0.6) is 0 Å². The molecule has 1 amide bonds. The van der Waals surface area contributed by atoms with E-state index in [-0.39, 0.29) is 11.8 Å². The molecule has 9 heteroatoms. The van der Waals surface area contributed by atoms with Gasteiger partial charge in [-0.25, -0.2) is 4.98 Å².